The summed E-state index contributed by atoms with van der Waals surface area (Å²) >= 11 is 11.4. The molecule has 0 aromatic heterocycles. The Morgan fingerprint density at radius 2 is 1.65 bits per heavy atom. The van der Waals surface area contributed by atoms with Gasteiger partial charge in [0, 0.05) is 11.6 Å². The molecule has 0 spiro atoms. The summed E-state index contributed by atoms with van der Waals surface area (Å²) in [4.78, 5) is 22.8. The molecular formula is C11H10Cl2O4. The Bertz CT molecular complexity index is 483. The molecule has 0 aliphatic rings. The maximum Gasteiger partial charge on any atom is 0.153 e. The monoisotopic (exact) mass is 276 g/mol. The number of carbonyl (C=O) groups excluding carboxylic acids is 2. The summed E-state index contributed by atoms with van der Waals surface area (Å²) in [6.07, 6.45) is 0. The van der Waals surface area contributed by atoms with Gasteiger partial charge in [-0.25, -0.2) is 0 Å². The van der Waals surface area contributed by atoms with Gasteiger partial charge in [0.05, 0.1) is 10.0 Å². The smallest absolute Gasteiger partial charge is 0.153 e. The van der Waals surface area contributed by atoms with Crippen molar-refractivity contribution in [2.45, 2.75) is 19.8 Å². The third-order valence-electron chi connectivity index (χ3n) is 2.31. The van der Waals surface area contributed by atoms with E-state index in [1.54, 1.807) is 0 Å². The number of hydrogen-bond acceptors (Lipinski definition) is 4. The average Bonchev–Trinajstić information content (AvgIpc) is 2.19. The highest BCUT2D eigenvalue weighted by Crippen LogP contribution is 2.43. The molecule has 1 aromatic carbocycles. The highest BCUT2D eigenvalue weighted by molar-refractivity contribution is 6.38. The van der Waals surface area contributed by atoms with Gasteiger partial charge in [-0.1, -0.05) is 23.2 Å². The first-order chi connectivity index (χ1) is 7.77. The average molecular weight is 277 g/mol. The van der Waals surface area contributed by atoms with Crippen molar-refractivity contribution in [2.75, 3.05) is 0 Å². The van der Waals surface area contributed by atoms with Gasteiger partial charge in [0.2, 0.25) is 0 Å². The Morgan fingerprint density at radius 1 is 1.18 bits per heavy atom. The van der Waals surface area contributed by atoms with E-state index in [1.807, 2.05) is 0 Å². The quantitative estimate of drug-likeness (QED) is 0.658. The van der Waals surface area contributed by atoms with Crippen LogP contribution in [0.15, 0.2) is 6.07 Å². The Hall–Kier alpha value is -1.26. The highest BCUT2D eigenvalue weighted by Gasteiger charge is 2.29. The van der Waals surface area contributed by atoms with E-state index in [4.69, 9.17) is 23.2 Å². The zero-order valence-electron chi connectivity index (χ0n) is 9.12. The fraction of sp³-hybridized carbons (Fsp3) is 0.273. The first kappa shape index (κ1) is 13.8. The van der Waals surface area contributed by atoms with Gasteiger partial charge in [-0.15, -0.1) is 0 Å². The van der Waals surface area contributed by atoms with Crippen LogP contribution in [0.4, 0.5) is 0 Å². The van der Waals surface area contributed by atoms with Crippen LogP contribution in [0.3, 0.4) is 0 Å². The lowest BCUT2D eigenvalue weighted by Gasteiger charge is -2.15. The van der Waals surface area contributed by atoms with E-state index >= 15 is 0 Å². The topological polar surface area (TPSA) is 74.6 Å². The fourth-order valence-electron chi connectivity index (χ4n) is 1.58. The van der Waals surface area contributed by atoms with Crippen molar-refractivity contribution >= 4 is 34.8 Å². The van der Waals surface area contributed by atoms with Crippen molar-refractivity contribution in [3.8, 4) is 11.5 Å². The number of ketones is 2. The van der Waals surface area contributed by atoms with Gasteiger partial charge in [-0.05, 0) is 13.8 Å². The minimum atomic E-state index is -1.20. The van der Waals surface area contributed by atoms with E-state index in [-0.39, 0.29) is 15.6 Å². The van der Waals surface area contributed by atoms with Gasteiger partial charge in [0.25, 0.3) is 0 Å². The van der Waals surface area contributed by atoms with E-state index < -0.39 is 29.0 Å². The van der Waals surface area contributed by atoms with Crippen LogP contribution in [0.2, 0.25) is 10.0 Å². The van der Waals surface area contributed by atoms with Crippen molar-refractivity contribution in [1.82, 2.24) is 0 Å². The predicted octanol–water partition coefficient (Wildman–Crippen LogP) is 2.67. The van der Waals surface area contributed by atoms with Crippen LogP contribution in [0.1, 0.15) is 25.3 Å². The molecular weight excluding hydrogens is 267 g/mol. The van der Waals surface area contributed by atoms with Crippen LogP contribution in [0.5, 0.6) is 11.5 Å². The molecule has 0 saturated carbocycles. The Kier molecular flexibility index (Phi) is 4.01. The normalized spacial score (nSPS) is 10.6. The number of aromatic hydroxyl groups is 2. The van der Waals surface area contributed by atoms with E-state index in [0.29, 0.717) is 0 Å². The van der Waals surface area contributed by atoms with Gasteiger partial charge in [-0.3, -0.25) is 9.59 Å². The van der Waals surface area contributed by atoms with Crippen molar-refractivity contribution in [1.29, 1.82) is 0 Å². The molecule has 0 heterocycles. The van der Waals surface area contributed by atoms with Gasteiger partial charge in [0.1, 0.15) is 23.2 Å². The molecule has 0 amide bonds. The fourth-order valence-corrected chi connectivity index (χ4v) is 2.13. The third-order valence-corrected chi connectivity index (χ3v) is 2.98. The second-order valence-electron chi connectivity index (χ2n) is 3.61. The Labute approximate surface area is 108 Å². The lowest BCUT2D eigenvalue weighted by atomic mass is 9.91. The zero-order valence-corrected chi connectivity index (χ0v) is 10.6. The first-order valence-electron chi connectivity index (χ1n) is 4.68. The van der Waals surface area contributed by atoms with Crippen LogP contribution in [-0.2, 0) is 9.59 Å². The minimum Gasteiger partial charge on any atom is -0.508 e. The van der Waals surface area contributed by atoms with E-state index in [0.717, 1.165) is 6.07 Å². The third kappa shape index (κ3) is 2.53. The van der Waals surface area contributed by atoms with Crippen LogP contribution >= 0.6 is 23.2 Å². The largest absolute Gasteiger partial charge is 0.508 e. The molecule has 0 aliphatic carbocycles. The van der Waals surface area contributed by atoms with Crippen molar-refractivity contribution < 1.29 is 19.8 Å². The molecule has 4 nitrogen and oxygen atoms in total. The molecule has 6 heteroatoms. The summed E-state index contributed by atoms with van der Waals surface area (Å²) in [6, 6.07) is 1.04. The van der Waals surface area contributed by atoms with Crippen molar-refractivity contribution in [2.24, 2.45) is 0 Å². The summed E-state index contributed by atoms with van der Waals surface area (Å²) in [6.45, 7) is 2.40. The van der Waals surface area contributed by atoms with Crippen LogP contribution < -0.4 is 0 Å². The summed E-state index contributed by atoms with van der Waals surface area (Å²) in [5, 5.41) is 18.8. The second-order valence-corrected chi connectivity index (χ2v) is 4.39. The molecule has 1 rings (SSSR count). The molecule has 0 fully saturated rings. The Balaban J connectivity index is 3.54. The summed E-state index contributed by atoms with van der Waals surface area (Å²) in [7, 11) is 0. The number of phenols is 2. The molecule has 2 N–H and O–H groups in total. The molecule has 17 heavy (non-hydrogen) atoms. The first-order valence-corrected chi connectivity index (χ1v) is 5.43. The van der Waals surface area contributed by atoms with E-state index in [2.05, 4.69) is 0 Å². The molecule has 0 bridgehead atoms. The molecule has 0 atom stereocenters. The molecule has 1 aromatic rings. The zero-order chi connectivity index (χ0) is 13.3. The lowest BCUT2D eigenvalue weighted by molar-refractivity contribution is -0.126. The molecule has 0 unspecified atom stereocenters. The highest BCUT2D eigenvalue weighted by atomic mass is 35.5. The van der Waals surface area contributed by atoms with Crippen LogP contribution in [-0.4, -0.2) is 21.8 Å². The summed E-state index contributed by atoms with van der Waals surface area (Å²) in [5.74, 6) is -3.01. The number of Topliss-reactive ketones (excluding diaryl/α,β-unsaturated/α-hetero) is 2. The molecule has 92 valence electrons. The number of phenolic OH excluding ortho intramolecular Hbond substituents is 2. The van der Waals surface area contributed by atoms with E-state index in [9.17, 15) is 19.8 Å². The maximum atomic E-state index is 11.4. The molecule has 0 radical (unpaired) electrons. The van der Waals surface area contributed by atoms with Crippen molar-refractivity contribution in [3.05, 3.63) is 21.7 Å². The lowest BCUT2D eigenvalue weighted by Crippen LogP contribution is -2.17. The SMILES string of the molecule is CC(=O)C(C(C)=O)c1c(O)cc(Cl)c(O)c1Cl. The van der Waals surface area contributed by atoms with Gasteiger partial charge in [-0.2, -0.15) is 0 Å². The Morgan fingerprint density at radius 3 is 2.06 bits per heavy atom. The predicted molar refractivity (Wildman–Crippen MR) is 63.9 cm³/mol. The standard InChI is InChI=1S/C11H10Cl2O4/c1-4(14)8(5(2)15)9-7(16)3-6(12)11(17)10(9)13/h3,8,16-17H,1-2H3. The van der Waals surface area contributed by atoms with E-state index in [1.165, 1.54) is 13.8 Å². The van der Waals surface area contributed by atoms with Gasteiger partial charge >= 0.3 is 0 Å². The summed E-state index contributed by atoms with van der Waals surface area (Å²) < 4.78 is 0. The summed E-state index contributed by atoms with van der Waals surface area (Å²) in [5.41, 5.74) is -0.117. The minimum absolute atomic E-state index is 0.117. The van der Waals surface area contributed by atoms with Crippen LogP contribution in [0.25, 0.3) is 0 Å². The second kappa shape index (κ2) is 4.94. The van der Waals surface area contributed by atoms with Gasteiger partial charge in [0.15, 0.2) is 5.75 Å². The van der Waals surface area contributed by atoms with Crippen LogP contribution in [0, 0.1) is 0 Å². The molecule has 0 saturated heterocycles. The van der Waals surface area contributed by atoms with Gasteiger partial charge < -0.3 is 10.2 Å². The number of benzene rings is 1. The number of carbonyl (C=O) groups is 2. The number of rotatable bonds is 3. The number of halogens is 2. The maximum absolute atomic E-state index is 11.4. The number of hydrogen-bond donors (Lipinski definition) is 2. The molecule has 0 aliphatic heterocycles. The van der Waals surface area contributed by atoms with Crippen molar-refractivity contribution in [3.63, 3.8) is 0 Å².